The summed E-state index contributed by atoms with van der Waals surface area (Å²) in [6.07, 6.45) is 4.37. The lowest BCUT2D eigenvalue weighted by atomic mass is 10.3. The molecule has 6 heteroatoms. The van der Waals surface area contributed by atoms with Gasteiger partial charge in [0, 0.05) is 17.9 Å². The normalized spacial score (nSPS) is 18.4. The Kier molecular flexibility index (Phi) is 2.70. The summed E-state index contributed by atoms with van der Waals surface area (Å²) in [5.74, 6) is 0.296. The van der Waals surface area contributed by atoms with E-state index < -0.39 is 6.55 Å². The Balaban J connectivity index is 1.96. The van der Waals surface area contributed by atoms with Crippen molar-refractivity contribution in [1.82, 2.24) is 14.9 Å². The molecule has 0 saturated heterocycles. The predicted molar refractivity (Wildman–Crippen MR) is 49.4 cm³/mol. The minimum absolute atomic E-state index is 0.0440. The Hall–Kier alpha value is -1.01. The third-order valence-corrected chi connectivity index (χ3v) is 2.74. The van der Waals surface area contributed by atoms with Crippen molar-refractivity contribution in [3.8, 4) is 0 Å². The SMILES string of the molecule is OCC1(NCc2nccn2C(F)F)CC1. The van der Waals surface area contributed by atoms with Crippen LogP contribution in [0, 0.1) is 0 Å². The number of imidazole rings is 1. The summed E-state index contributed by atoms with van der Waals surface area (Å²) in [5.41, 5.74) is -0.251. The van der Waals surface area contributed by atoms with E-state index >= 15 is 0 Å². The molecule has 0 aliphatic heterocycles. The van der Waals surface area contributed by atoms with Crippen molar-refractivity contribution in [1.29, 1.82) is 0 Å². The van der Waals surface area contributed by atoms with Crippen LogP contribution in [0.5, 0.6) is 0 Å². The van der Waals surface area contributed by atoms with Crippen LogP contribution in [0.4, 0.5) is 8.78 Å². The van der Waals surface area contributed by atoms with Crippen LogP contribution in [0.1, 0.15) is 25.2 Å². The van der Waals surface area contributed by atoms with Crippen LogP contribution in [-0.4, -0.2) is 26.8 Å². The number of nitrogens with zero attached hydrogens (tertiary/aromatic N) is 2. The Morgan fingerprint density at radius 2 is 2.33 bits per heavy atom. The molecule has 0 unspecified atom stereocenters. The lowest BCUT2D eigenvalue weighted by Crippen LogP contribution is -2.35. The van der Waals surface area contributed by atoms with Crippen molar-refractivity contribution >= 4 is 0 Å². The molecule has 4 nitrogen and oxygen atoms in total. The monoisotopic (exact) mass is 217 g/mol. The minimum atomic E-state index is -2.56. The third-order valence-electron chi connectivity index (χ3n) is 2.74. The van der Waals surface area contributed by atoms with E-state index in [1.54, 1.807) is 0 Å². The molecule has 0 bridgehead atoms. The smallest absolute Gasteiger partial charge is 0.319 e. The van der Waals surface area contributed by atoms with Gasteiger partial charge in [0.1, 0.15) is 5.82 Å². The number of aromatic nitrogens is 2. The van der Waals surface area contributed by atoms with Gasteiger partial charge in [-0.25, -0.2) is 4.98 Å². The summed E-state index contributed by atoms with van der Waals surface area (Å²) in [6.45, 7) is -2.26. The van der Waals surface area contributed by atoms with Gasteiger partial charge in [-0.2, -0.15) is 8.78 Å². The molecule has 1 aliphatic carbocycles. The van der Waals surface area contributed by atoms with E-state index in [-0.39, 0.29) is 18.7 Å². The molecule has 0 spiro atoms. The Morgan fingerprint density at radius 3 is 2.87 bits per heavy atom. The number of hydrogen-bond donors (Lipinski definition) is 2. The van der Waals surface area contributed by atoms with Crippen LogP contribution < -0.4 is 5.32 Å². The number of nitrogens with one attached hydrogen (secondary N) is 1. The second-order valence-corrected chi connectivity index (χ2v) is 3.82. The zero-order valence-corrected chi connectivity index (χ0v) is 8.16. The molecule has 0 amide bonds. The fourth-order valence-corrected chi connectivity index (χ4v) is 1.47. The molecule has 15 heavy (non-hydrogen) atoms. The largest absolute Gasteiger partial charge is 0.394 e. The maximum Gasteiger partial charge on any atom is 0.319 e. The summed E-state index contributed by atoms with van der Waals surface area (Å²) in [5, 5.41) is 12.1. The van der Waals surface area contributed by atoms with Crippen LogP contribution in [0.25, 0.3) is 0 Å². The van der Waals surface area contributed by atoms with Gasteiger partial charge in [-0.05, 0) is 12.8 Å². The van der Waals surface area contributed by atoms with Gasteiger partial charge in [0.25, 0.3) is 0 Å². The molecule has 1 saturated carbocycles. The van der Waals surface area contributed by atoms with Crippen LogP contribution in [0.2, 0.25) is 0 Å². The van der Waals surface area contributed by atoms with Gasteiger partial charge in [-0.15, -0.1) is 0 Å². The summed E-state index contributed by atoms with van der Waals surface area (Å²) < 4.78 is 25.7. The molecule has 0 aromatic carbocycles. The zero-order chi connectivity index (χ0) is 10.9. The molecule has 0 radical (unpaired) electrons. The lowest BCUT2D eigenvalue weighted by Gasteiger charge is -2.14. The highest BCUT2D eigenvalue weighted by atomic mass is 19.3. The molecule has 1 fully saturated rings. The predicted octanol–water partition coefficient (Wildman–Crippen LogP) is 0.893. The molecule has 1 heterocycles. The molecule has 1 aromatic heterocycles. The molecule has 2 N–H and O–H groups in total. The maximum absolute atomic E-state index is 12.4. The highest BCUT2D eigenvalue weighted by Crippen LogP contribution is 2.34. The standard InChI is InChI=1S/C9H13F2N3O/c10-8(11)14-4-3-12-7(14)5-13-9(6-15)1-2-9/h3-4,8,13,15H,1-2,5-6H2. The second kappa shape index (κ2) is 3.86. The second-order valence-electron chi connectivity index (χ2n) is 3.82. The van der Waals surface area contributed by atoms with Gasteiger partial charge >= 0.3 is 6.55 Å². The van der Waals surface area contributed by atoms with Gasteiger partial charge in [0.15, 0.2) is 0 Å². The highest BCUT2D eigenvalue weighted by Gasteiger charge is 2.41. The number of aliphatic hydroxyl groups is 1. The summed E-state index contributed by atoms with van der Waals surface area (Å²) in [7, 11) is 0. The molecule has 0 atom stereocenters. The average molecular weight is 217 g/mol. The van der Waals surface area contributed by atoms with Crippen molar-refractivity contribution in [2.24, 2.45) is 0 Å². The van der Waals surface area contributed by atoms with Crippen molar-refractivity contribution < 1.29 is 13.9 Å². The maximum atomic E-state index is 12.4. The third kappa shape index (κ3) is 2.15. The van der Waals surface area contributed by atoms with Gasteiger partial charge in [0.2, 0.25) is 0 Å². The first-order valence-corrected chi connectivity index (χ1v) is 4.83. The molecule has 84 valence electrons. The fraction of sp³-hybridized carbons (Fsp3) is 0.667. The van der Waals surface area contributed by atoms with Crippen molar-refractivity contribution in [3.63, 3.8) is 0 Å². The van der Waals surface area contributed by atoms with E-state index in [9.17, 15) is 8.78 Å². The van der Waals surface area contributed by atoms with E-state index in [4.69, 9.17) is 5.11 Å². The average Bonchev–Trinajstić information content (AvgIpc) is 2.84. The number of alkyl halides is 2. The fourth-order valence-electron chi connectivity index (χ4n) is 1.47. The summed E-state index contributed by atoms with van der Waals surface area (Å²) in [4.78, 5) is 3.84. The van der Waals surface area contributed by atoms with Crippen LogP contribution in [-0.2, 0) is 6.54 Å². The van der Waals surface area contributed by atoms with E-state index in [1.165, 1.54) is 12.4 Å². The van der Waals surface area contributed by atoms with Gasteiger partial charge < -0.3 is 10.4 Å². The quantitative estimate of drug-likeness (QED) is 0.770. The van der Waals surface area contributed by atoms with Crippen LogP contribution in [0.3, 0.4) is 0 Å². The number of rotatable bonds is 5. The number of hydrogen-bond acceptors (Lipinski definition) is 3. The highest BCUT2D eigenvalue weighted by molar-refractivity contribution is 5.03. The Labute approximate surface area is 85.9 Å². The first-order chi connectivity index (χ1) is 7.17. The summed E-state index contributed by atoms with van der Waals surface area (Å²) in [6, 6.07) is 0. The van der Waals surface area contributed by atoms with E-state index in [2.05, 4.69) is 10.3 Å². The first kappa shape index (κ1) is 10.5. The number of halogens is 2. The molecular weight excluding hydrogens is 204 g/mol. The molecule has 1 aromatic rings. The van der Waals surface area contributed by atoms with Crippen molar-refractivity contribution in [2.75, 3.05) is 6.61 Å². The van der Waals surface area contributed by atoms with E-state index in [0.29, 0.717) is 5.82 Å². The lowest BCUT2D eigenvalue weighted by molar-refractivity contribution is 0.0662. The zero-order valence-electron chi connectivity index (χ0n) is 8.16. The van der Waals surface area contributed by atoms with Gasteiger partial charge in [-0.1, -0.05) is 0 Å². The van der Waals surface area contributed by atoms with Crippen molar-refractivity contribution in [2.45, 2.75) is 31.5 Å². The minimum Gasteiger partial charge on any atom is -0.394 e. The van der Waals surface area contributed by atoms with Gasteiger partial charge in [0.05, 0.1) is 13.2 Å². The topological polar surface area (TPSA) is 50.1 Å². The van der Waals surface area contributed by atoms with Crippen LogP contribution >= 0.6 is 0 Å². The Bertz CT molecular complexity index is 336. The summed E-state index contributed by atoms with van der Waals surface area (Å²) >= 11 is 0. The van der Waals surface area contributed by atoms with Gasteiger partial charge in [-0.3, -0.25) is 4.57 Å². The molecule has 2 rings (SSSR count). The first-order valence-electron chi connectivity index (χ1n) is 4.83. The van der Waals surface area contributed by atoms with Crippen LogP contribution in [0.15, 0.2) is 12.4 Å². The van der Waals surface area contributed by atoms with Crippen molar-refractivity contribution in [3.05, 3.63) is 18.2 Å². The number of aliphatic hydroxyl groups excluding tert-OH is 1. The van der Waals surface area contributed by atoms with E-state index in [0.717, 1.165) is 17.4 Å². The Morgan fingerprint density at radius 1 is 1.60 bits per heavy atom. The molecule has 1 aliphatic rings. The molecular formula is C9H13F2N3O. The van der Waals surface area contributed by atoms with E-state index in [1.807, 2.05) is 0 Å².